The standard InChI is InChI=1S/C19H20ClN3O4/c1-4-11(2)22-18(25)16-9-12(7-8-21-16)17(24)23-15-10-13(19(26)27-3)5-6-14(15)20/h5-11H,4H2,1-3H3,(H,22,25)(H,23,24). The topological polar surface area (TPSA) is 97.4 Å². The highest BCUT2D eigenvalue weighted by Crippen LogP contribution is 2.24. The molecule has 0 saturated heterocycles. The maximum atomic E-state index is 12.5. The van der Waals surface area contributed by atoms with E-state index in [9.17, 15) is 14.4 Å². The first-order valence-electron chi connectivity index (χ1n) is 8.31. The van der Waals surface area contributed by atoms with Gasteiger partial charge in [0.15, 0.2) is 0 Å². The van der Waals surface area contributed by atoms with Gasteiger partial charge in [-0.25, -0.2) is 4.79 Å². The van der Waals surface area contributed by atoms with Crippen LogP contribution in [-0.4, -0.2) is 35.9 Å². The number of carbonyl (C=O) groups excluding carboxylic acids is 3. The lowest BCUT2D eigenvalue weighted by Crippen LogP contribution is -2.32. The van der Waals surface area contributed by atoms with Gasteiger partial charge in [-0.05, 0) is 43.7 Å². The van der Waals surface area contributed by atoms with E-state index in [4.69, 9.17) is 11.6 Å². The second-order valence-corrected chi connectivity index (χ2v) is 6.26. The van der Waals surface area contributed by atoms with Gasteiger partial charge in [0.2, 0.25) is 0 Å². The molecule has 2 aromatic rings. The summed E-state index contributed by atoms with van der Waals surface area (Å²) in [6, 6.07) is 7.27. The van der Waals surface area contributed by atoms with Gasteiger partial charge in [0.25, 0.3) is 11.8 Å². The first-order chi connectivity index (χ1) is 12.8. The number of carbonyl (C=O) groups is 3. The number of anilines is 1. The third-order valence-corrected chi connectivity index (χ3v) is 4.21. The van der Waals surface area contributed by atoms with Crippen LogP contribution in [0.5, 0.6) is 0 Å². The fraction of sp³-hybridized carbons (Fsp3) is 0.263. The summed E-state index contributed by atoms with van der Waals surface area (Å²) < 4.78 is 4.66. The Balaban J connectivity index is 2.20. The van der Waals surface area contributed by atoms with Crippen molar-refractivity contribution in [2.24, 2.45) is 0 Å². The summed E-state index contributed by atoms with van der Waals surface area (Å²) in [5.41, 5.74) is 0.878. The van der Waals surface area contributed by atoms with Crippen molar-refractivity contribution in [2.45, 2.75) is 26.3 Å². The number of esters is 1. The van der Waals surface area contributed by atoms with Crippen LogP contribution in [0.4, 0.5) is 5.69 Å². The summed E-state index contributed by atoms with van der Waals surface area (Å²) in [6.45, 7) is 3.83. The smallest absolute Gasteiger partial charge is 0.337 e. The number of aromatic nitrogens is 1. The zero-order valence-electron chi connectivity index (χ0n) is 15.2. The third kappa shape index (κ3) is 5.27. The molecule has 0 aliphatic carbocycles. The minimum absolute atomic E-state index is 0.00310. The molecule has 1 atom stereocenters. The molecule has 0 aliphatic heterocycles. The van der Waals surface area contributed by atoms with Crippen LogP contribution in [0.1, 0.15) is 51.5 Å². The molecule has 142 valence electrons. The van der Waals surface area contributed by atoms with E-state index in [0.29, 0.717) is 0 Å². The fourth-order valence-electron chi connectivity index (χ4n) is 2.16. The average Bonchev–Trinajstić information content (AvgIpc) is 2.68. The monoisotopic (exact) mass is 389 g/mol. The number of hydrogen-bond donors (Lipinski definition) is 2. The van der Waals surface area contributed by atoms with Crippen molar-refractivity contribution < 1.29 is 19.1 Å². The lowest BCUT2D eigenvalue weighted by Gasteiger charge is -2.12. The minimum atomic E-state index is -0.546. The molecule has 0 saturated carbocycles. The average molecular weight is 390 g/mol. The van der Waals surface area contributed by atoms with E-state index in [2.05, 4.69) is 20.4 Å². The zero-order valence-corrected chi connectivity index (χ0v) is 16.0. The number of rotatable bonds is 6. The number of methoxy groups -OCH3 is 1. The van der Waals surface area contributed by atoms with Crippen molar-refractivity contribution in [1.29, 1.82) is 0 Å². The Morgan fingerprint density at radius 3 is 2.56 bits per heavy atom. The fourth-order valence-corrected chi connectivity index (χ4v) is 2.32. The first-order valence-corrected chi connectivity index (χ1v) is 8.69. The predicted molar refractivity (Wildman–Crippen MR) is 102 cm³/mol. The molecule has 1 aromatic heterocycles. The summed E-state index contributed by atoms with van der Waals surface area (Å²) in [5, 5.41) is 5.68. The maximum absolute atomic E-state index is 12.5. The van der Waals surface area contributed by atoms with E-state index in [-0.39, 0.29) is 39.5 Å². The van der Waals surface area contributed by atoms with Crippen molar-refractivity contribution in [3.63, 3.8) is 0 Å². The van der Waals surface area contributed by atoms with Crippen LogP contribution in [0, 0.1) is 0 Å². The number of nitrogens with one attached hydrogen (secondary N) is 2. The highest BCUT2D eigenvalue weighted by atomic mass is 35.5. The Morgan fingerprint density at radius 1 is 1.15 bits per heavy atom. The SMILES string of the molecule is CCC(C)NC(=O)c1cc(C(=O)Nc2cc(C(=O)OC)ccc2Cl)ccn1. The molecule has 1 heterocycles. The Morgan fingerprint density at radius 2 is 1.89 bits per heavy atom. The quantitative estimate of drug-likeness (QED) is 0.739. The van der Waals surface area contributed by atoms with Gasteiger partial charge in [0.1, 0.15) is 5.69 Å². The molecule has 7 nitrogen and oxygen atoms in total. The van der Waals surface area contributed by atoms with E-state index in [1.54, 1.807) is 0 Å². The Kier molecular flexibility index (Phi) is 6.90. The number of benzene rings is 1. The van der Waals surface area contributed by atoms with Gasteiger partial charge in [-0.3, -0.25) is 14.6 Å². The van der Waals surface area contributed by atoms with Gasteiger partial charge < -0.3 is 15.4 Å². The van der Waals surface area contributed by atoms with Gasteiger partial charge in [-0.2, -0.15) is 0 Å². The zero-order chi connectivity index (χ0) is 20.0. The van der Waals surface area contributed by atoms with Crippen molar-refractivity contribution in [1.82, 2.24) is 10.3 Å². The summed E-state index contributed by atoms with van der Waals surface area (Å²) in [7, 11) is 1.26. The highest BCUT2D eigenvalue weighted by molar-refractivity contribution is 6.34. The molecule has 2 amide bonds. The van der Waals surface area contributed by atoms with E-state index >= 15 is 0 Å². The van der Waals surface area contributed by atoms with Crippen molar-refractivity contribution in [3.05, 3.63) is 58.4 Å². The van der Waals surface area contributed by atoms with E-state index in [0.717, 1.165) is 6.42 Å². The lowest BCUT2D eigenvalue weighted by atomic mass is 10.1. The Hall–Kier alpha value is -2.93. The molecule has 2 N–H and O–H groups in total. The van der Waals surface area contributed by atoms with Crippen LogP contribution in [0.2, 0.25) is 5.02 Å². The van der Waals surface area contributed by atoms with Crippen molar-refractivity contribution in [2.75, 3.05) is 12.4 Å². The molecule has 1 unspecified atom stereocenters. The maximum Gasteiger partial charge on any atom is 0.337 e. The lowest BCUT2D eigenvalue weighted by molar-refractivity contribution is 0.0600. The molecular weight excluding hydrogens is 370 g/mol. The third-order valence-electron chi connectivity index (χ3n) is 3.88. The van der Waals surface area contributed by atoms with Crippen LogP contribution in [0.3, 0.4) is 0 Å². The summed E-state index contributed by atoms with van der Waals surface area (Å²) in [6.07, 6.45) is 2.16. The van der Waals surface area contributed by atoms with Gasteiger partial charge in [0.05, 0.1) is 23.4 Å². The van der Waals surface area contributed by atoms with Crippen LogP contribution in [0.15, 0.2) is 36.5 Å². The molecule has 2 rings (SSSR count). The Bertz CT molecular complexity index is 870. The van der Waals surface area contributed by atoms with Gasteiger partial charge >= 0.3 is 5.97 Å². The van der Waals surface area contributed by atoms with Gasteiger partial charge in [-0.15, -0.1) is 0 Å². The first kappa shape index (κ1) is 20.4. The summed E-state index contributed by atoms with van der Waals surface area (Å²) in [4.78, 5) is 40.3. The van der Waals surface area contributed by atoms with E-state index in [1.165, 1.54) is 43.6 Å². The molecule has 0 spiro atoms. The Labute approximate surface area is 162 Å². The number of pyridine rings is 1. The number of amides is 2. The molecule has 0 radical (unpaired) electrons. The number of ether oxygens (including phenoxy) is 1. The van der Waals surface area contributed by atoms with Crippen LogP contribution in [-0.2, 0) is 4.74 Å². The van der Waals surface area contributed by atoms with Crippen LogP contribution < -0.4 is 10.6 Å². The van der Waals surface area contributed by atoms with E-state index in [1.807, 2.05) is 13.8 Å². The summed E-state index contributed by atoms with van der Waals surface area (Å²) >= 11 is 6.09. The number of hydrogen-bond acceptors (Lipinski definition) is 5. The number of halogens is 1. The predicted octanol–water partition coefficient (Wildman–Crippen LogP) is 3.30. The van der Waals surface area contributed by atoms with Crippen molar-refractivity contribution in [3.8, 4) is 0 Å². The second kappa shape index (κ2) is 9.14. The molecule has 27 heavy (non-hydrogen) atoms. The molecular formula is C19H20ClN3O4. The van der Waals surface area contributed by atoms with E-state index < -0.39 is 11.9 Å². The van der Waals surface area contributed by atoms with Crippen LogP contribution >= 0.6 is 11.6 Å². The molecule has 1 aromatic carbocycles. The minimum Gasteiger partial charge on any atom is -0.465 e. The normalized spacial score (nSPS) is 11.4. The second-order valence-electron chi connectivity index (χ2n) is 5.85. The van der Waals surface area contributed by atoms with Gasteiger partial charge in [0, 0.05) is 17.8 Å². The van der Waals surface area contributed by atoms with Gasteiger partial charge in [-0.1, -0.05) is 18.5 Å². The van der Waals surface area contributed by atoms with Crippen molar-refractivity contribution >= 4 is 35.1 Å². The number of nitrogens with zero attached hydrogens (tertiary/aromatic N) is 1. The van der Waals surface area contributed by atoms with Crippen LogP contribution in [0.25, 0.3) is 0 Å². The molecule has 0 aliphatic rings. The molecule has 8 heteroatoms. The summed E-state index contributed by atoms with van der Waals surface area (Å²) in [5.74, 6) is -1.39. The molecule has 0 bridgehead atoms. The molecule has 0 fully saturated rings. The highest BCUT2D eigenvalue weighted by Gasteiger charge is 2.15. The largest absolute Gasteiger partial charge is 0.465 e.